The third-order valence-electron chi connectivity index (χ3n) is 7.01. The predicted molar refractivity (Wildman–Crippen MR) is 116 cm³/mol. The third-order valence-corrected chi connectivity index (χ3v) is 7.01. The summed E-state index contributed by atoms with van der Waals surface area (Å²) in [5.74, 6) is 2.85. The van der Waals surface area contributed by atoms with Crippen molar-refractivity contribution in [3.63, 3.8) is 0 Å². The molecule has 0 bridgehead atoms. The standard InChI is InChI=1S/C25H41NO2/c1-19(2)24-10-9-20(3)15-25(24)28-18-23(27)17-26-13-11-22(12-14-26)16-21-7-5-4-6-8-21/h4-8,19-20,22-25,27H,9-18H2,1-3H3/t20-,23-,24-,25+/m1/s1. The van der Waals surface area contributed by atoms with E-state index >= 15 is 0 Å². The lowest BCUT2D eigenvalue weighted by atomic mass is 9.75. The molecule has 1 saturated heterocycles. The van der Waals surface area contributed by atoms with Crippen LogP contribution < -0.4 is 0 Å². The normalized spacial score (nSPS) is 28.5. The number of rotatable bonds is 8. The van der Waals surface area contributed by atoms with Gasteiger partial charge < -0.3 is 14.7 Å². The molecule has 4 atom stereocenters. The highest BCUT2D eigenvalue weighted by molar-refractivity contribution is 5.15. The van der Waals surface area contributed by atoms with Crippen LogP contribution >= 0.6 is 0 Å². The number of aliphatic hydroxyl groups excluding tert-OH is 1. The van der Waals surface area contributed by atoms with Crippen LogP contribution in [0.5, 0.6) is 0 Å². The first-order valence-electron chi connectivity index (χ1n) is 11.6. The molecule has 1 aromatic carbocycles. The maximum absolute atomic E-state index is 10.6. The summed E-state index contributed by atoms with van der Waals surface area (Å²) >= 11 is 0. The monoisotopic (exact) mass is 387 g/mol. The van der Waals surface area contributed by atoms with E-state index in [-0.39, 0.29) is 6.10 Å². The van der Waals surface area contributed by atoms with Crippen LogP contribution in [0.3, 0.4) is 0 Å². The van der Waals surface area contributed by atoms with Crippen molar-refractivity contribution in [2.45, 2.75) is 71.5 Å². The van der Waals surface area contributed by atoms with Crippen molar-refractivity contribution in [2.75, 3.05) is 26.2 Å². The van der Waals surface area contributed by atoms with E-state index in [1.54, 1.807) is 0 Å². The summed E-state index contributed by atoms with van der Waals surface area (Å²) in [4.78, 5) is 2.43. The average molecular weight is 388 g/mol. The van der Waals surface area contributed by atoms with E-state index < -0.39 is 0 Å². The Morgan fingerprint density at radius 1 is 1.07 bits per heavy atom. The Morgan fingerprint density at radius 3 is 2.46 bits per heavy atom. The van der Waals surface area contributed by atoms with E-state index in [4.69, 9.17) is 4.74 Å². The first kappa shape index (κ1) is 21.8. The highest BCUT2D eigenvalue weighted by atomic mass is 16.5. The van der Waals surface area contributed by atoms with E-state index in [2.05, 4.69) is 56.0 Å². The van der Waals surface area contributed by atoms with Gasteiger partial charge in [-0.25, -0.2) is 0 Å². The van der Waals surface area contributed by atoms with E-state index in [9.17, 15) is 5.11 Å². The molecular weight excluding hydrogens is 346 g/mol. The molecule has 1 aliphatic heterocycles. The van der Waals surface area contributed by atoms with Gasteiger partial charge in [0.05, 0.1) is 18.8 Å². The molecule has 1 saturated carbocycles. The van der Waals surface area contributed by atoms with Crippen molar-refractivity contribution >= 4 is 0 Å². The predicted octanol–water partition coefficient (Wildman–Crippen LogP) is 4.78. The fourth-order valence-corrected chi connectivity index (χ4v) is 5.21. The molecule has 3 nitrogen and oxygen atoms in total. The number of likely N-dealkylation sites (tertiary alicyclic amines) is 1. The number of nitrogens with zero attached hydrogens (tertiary/aromatic N) is 1. The second-order valence-corrected chi connectivity index (χ2v) is 9.79. The van der Waals surface area contributed by atoms with Crippen LogP contribution in [-0.2, 0) is 11.2 Å². The van der Waals surface area contributed by atoms with Gasteiger partial charge in [-0.05, 0) is 74.4 Å². The molecular formula is C25H41NO2. The number of aliphatic hydroxyl groups is 1. The smallest absolute Gasteiger partial charge is 0.0900 e. The zero-order valence-electron chi connectivity index (χ0n) is 18.2. The molecule has 0 amide bonds. The molecule has 1 heterocycles. The van der Waals surface area contributed by atoms with Gasteiger partial charge in [0, 0.05) is 6.54 Å². The number of ether oxygens (including phenoxy) is 1. The molecule has 1 aliphatic carbocycles. The summed E-state index contributed by atoms with van der Waals surface area (Å²) in [7, 11) is 0. The van der Waals surface area contributed by atoms with Crippen LogP contribution in [0, 0.1) is 23.7 Å². The minimum Gasteiger partial charge on any atom is -0.389 e. The lowest BCUT2D eigenvalue weighted by Gasteiger charge is -2.38. The molecule has 3 rings (SSSR count). The topological polar surface area (TPSA) is 32.7 Å². The van der Waals surface area contributed by atoms with Crippen LogP contribution in [0.2, 0.25) is 0 Å². The van der Waals surface area contributed by atoms with Crippen molar-refractivity contribution in [2.24, 2.45) is 23.7 Å². The van der Waals surface area contributed by atoms with Crippen molar-refractivity contribution in [3.8, 4) is 0 Å². The summed E-state index contributed by atoms with van der Waals surface area (Å²) in [6.45, 7) is 10.4. The summed E-state index contributed by atoms with van der Waals surface area (Å²) in [5, 5.41) is 10.6. The van der Waals surface area contributed by atoms with Crippen LogP contribution in [0.1, 0.15) is 58.4 Å². The Kier molecular flexibility index (Phi) is 8.37. The molecule has 0 spiro atoms. The van der Waals surface area contributed by atoms with Crippen molar-refractivity contribution < 1.29 is 9.84 Å². The quantitative estimate of drug-likeness (QED) is 0.697. The second kappa shape index (κ2) is 10.8. The molecule has 2 aliphatic rings. The Bertz CT molecular complexity index is 553. The second-order valence-electron chi connectivity index (χ2n) is 9.79. The van der Waals surface area contributed by atoms with Crippen LogP contribution in [0.15, 0.2) is 30.3 Å². The number of piperidine rings is 1. The lowest BCUT2D eigenvalue weighted by molar-refractivity contribution is -0.0749. The molecule has 1 aromatic rings. The summed E-state index contributed by atoms with van der Waals surface area (Å²) in [6, 6.07) is 10.8. The summed E-state index contributed by atoms with van der Waals surface area (Å²) < 4.78 is 6.25. The van der Waals surface area contributed by atoms with E-state index in [0.29, 0.717) is 24.5 Å². The number of hydrogen-bond acceptors (Lipinski definition) is 3. The highest BCUT2D eigenvalue weighted by Crippen LogP contribution is 2.35. The molecule has 2 fully saturated rings. The van der Waals surface area contributed by atoms with Crippen molar-refractivity contribution in [1.29, 1.82) is 0 Å². The van der Waals surface area contributed by atoms with Gasteiger partial charge in [0.25, 0.3) is 0 Å². The van der Waals surface area contributed by atoms with Gasteiger partial charge in [0.2, 0.25) is 0 Å². The van der Waals surface area contributed by atoms with E-state index in [1.807, 2.05) is 0 Å². The molecule has 0 radical (unpaired) electrons. The van der Waals surface area contributed by atoms with Gasteiger partial charge in [-0.1, -0.05) is 57.5 Å². The number of β-amino-alcohol motifs (C(OH)–C–C–N with tert-alkyl or cyclic N) is 1. The first-order valence-corrected chi connectivity index (χ1v) is 11.6. The fourth-order valence-electron chi connectivity index (χ4n) is 5.21. The maximum atomic E-state index is 10.6. The highest BCUT2D eigenvalue weighted by Gasteiger charge is 2.32. The lowest BCUT2D eigenvalue weighted by Crippen LogP contribution is -2.42. The van der Waals surface area contributed by atoms with Crippen LogP contribution in [-0.4, -0.2) is 48.5 Å². The molecule has 0 aromatic heterocycles. The zero-order valence-corrected chi connectivity index (χ0v) is 18.2. The van der Waals surface area contributed by atoms with E-state index in [0.717, 1.165) is 37.9 Å². The van der Waals surface area contributed by atoms with Gasteiger partial charge in [0.15, 0.2) is 0 Å². The van der Waals surface area contributed by atoms with E-state index in [1.165, 1.54) is 37.7 Å². The fraction of sp³-hybridized carbons (Fsp3) is 0.760. The Hall–Kier alpha value is -0.900. The largest absolute Gasteiger partial charge is 0.389 e. The van der Waals surface area contributed by atoms with Crippen molar-refractivity contribution in [3.05, 3.63) is 35.9 Å². The summed E-state index contributed by atoms with van der Waals surface area (Å²) in [6.07, 6.45) is 7.37. The third kappa shape index (κ3) is 6.57. The number of benzene rings is 1. The van der Waals surface area contributed by atoms with Gasteiger partial charge in [-0.3, -0.25) is 0 Å². The Balaban J connectivity index is 1.36. The SMILES string of the molecule is CC(C)[C@H]1CC[C@@H](C)C[C@@H]1OC[C@H](O)CN1CCC(Cc2ccccc2)CC1. The summed E-state index contributed by atoms with van der Waals surface area (Å²) in [5.41, 5.74) is 1.45. The molecule has 158 valence electrons. The minimum atomic E-state index is -0.365. The van der Waals surface area contributed by atoms with Crippen LogP contribution in [0.25, 0.3) is 0 Å². The Labute approximate surface area is 172 Å². The van der Waals surface area contributed by atoms with Gasteiger partial charge in [-0.2, -0.15) is 0 Å². The molecule has 28 heavy (non-hydrogen) atoms. The minimum absolute atomic E-state index is 0.329. The van der Waals surface area contributed by atoms with Gasteiger partial charge in [-0.15, -0.1) is 0 Å². The number of hydrogen-bond donors (Lipinski definition) is 1. The Morgan fingerprint density at radius 2 is 1.79 bits per heavy atom. The van der Waals surface area contributed by atoms with Gasteiger partial charge >= 0.3 is 0 Å². The average Bonchev–Trinajstić information content (AvgIpc) is 2.68. The molecule has 0 unspecified atom stereocenters. The molecule has 1 N–H and O–H groups in total. The molecule has 3 heteroatoms. The van der Waals surface area contributed by atoms with Crippen LogP contribution in [0.4, 0.5) is 0 Å². The van der Waals surface area contributed by atoms with Crippen molar-refractivity contribution in [1.82, 2.24) is 4.90 Å². The zero-order chi connectivity index (χ0) is 19.9. The van der Waals surface area contributed by atoms with Gasteiger partial charge in [0.1, 0.15) is 0 Å². The first-order chi connectivity index (χ1) is 13.5. The maximum Gasteiger partial charge on any atom is 0.0900 e.